The number of anilines is 1. The zero-order valence-electron chi connectivity index (χ0n) is 14.1. The molecule has 126 valence electrons. The van der Waals surface area contributed by atoms with Crippen LogP contribution < -0.4 is 4.90 Å². The van der Waals surface area contributed by atoms with E-state index in [-0.39, 0.29) is 16.9 Å². The lowest BCUT2D eigenvalue weighted by Gasteiger charge is -2.28. The number of hydrogen-bond donors (Lipinski definition) is 1. The van der Waals surface area contributed by atoms with Gasteiger partial charge in [0.05, 0.1) is 0 Å². The van der Waals surface area contributed by atoms with Crippen molar-refractivity contribution >= 4 is 28.9 Å². The van der Waals surface area contributed by atoms with Crippen LogP contribution in [0, 0.1) is 11.8 Å². The van der Waals surface area contributed by atoms with Gasteiger partial charge in [0, 0.05) is 24.6 Å². The molecular weight excluding hydrogens is 306 g/mol. The van der Waals surface area contributed by atoms with Crippen LogP contribution in [0.25, 0.3) is 0 Å². The Morgan fingerprint density at radius 3 is 2.57 bits per heavy atom. The lowest BCUT2D eigenvalue weighted by Crippen LogP contribution is -2.37. The molecule has 0 saturated heterocycles. The molecule has 3 nitrogen and oxygen atoms in total. The molecular formula is C19H27NO2S. The zero-order chi connectivity index (χ0) is 16.8. The second-order valence-electron chi connectivity index (χ2n) is 6.85. The minimum Gasteiger partial charge on any atom is -0.502 e. The summed E-state index contributed by atoms with van der Waals surface area (Å²) in [7, 11) is 0. The van der Waals surface area contributed by atoms with E-state index in [0.717, 1.165) is 49.9 Å². The van der Waals surface area contributed by atoms with Gasteiger partial charge in [0.25, 0.3) is 0 Å². The third-order valence-corrected chi connectivity index (χ3v) is 4.67. The fraction of sp³-hybridized carbons (Fsp3) is 0.579. The Kier molecular flexibility index (Phi) is 6.58. The Morgan fingerprint density at radius 2 is 1.96 bits per heavy atom. The van der Waals surface area contributed by atoms with Crippen molar-refractivity contribution in [3.63, 3.8) is 0 Å². The van der Waals surface area contributed by atoms with Gasteiger partial charge in [-0.3, -0.25) is 4.79 Å². The van der Waals surface area contributed by atoms with Gasteiger partial charge in [-0.25, -0.2) is 0 Å². The topological polar surface area (TPSA) is 40.5 Å². The highest BCUT2D eigenvalue weighted by atomic mass is 32.1. The molecule has 0 unspecified atom stereocenters. The quantitative estimate of drug-likeness (QED) is 0.736. The fourth-order valence-electron chi connectivity index (χ4n) is 3.22. The SMILES string of the molecule is CC(C)CCN(C(=O)C1CCCC1)c1ccccc1CC(O)=S. The number of thiocarbonyl (C=S) groups is 1. The van der Waals surface area contributed by atoms with Crippen molar-refractivity contribution in [1.82, 2.24) is 0 Å². The largest absolute Gasteiger partial charge is 0.502 e. The lowest BCUT2D eigenvalue weighted by atomic mass is 10.0. The highest BCUT2D eigenvalue weighted by Crippen LogP contribution is 2.30. The average molecular weight is 333 g/mol. The van der Waals surface area contributed by atoms with Gasteiger partial charge in [0.1, 0.15) is 0 Å². The monoisotopic (exact) mass is 333 g/mol. The van der Waals surface area contributed by atoms with E-state index in [1.165, 1.54) is 0 Å². The number of amides is 1. The molecule has 1 fully saturated rings. The third-order valence-electron chi connectivity index (χ3n) is 4.52. The van der Waals surface area contributed by atoms with Crippen LogP contribution in [-0.4, -0.2) is 22.6 Å². The van der Waals surface area contributed by atoms with Crippen molar-refractivity contribution in [1.29, 1.82) is 0 Å². The number of hydrogen-bond acceptors (Lipinski definition) is 2. The maximum atomic E-state index is 13.0. The Balaban J connectivity index is 2.28. The van der Waals surface area contributed by atoms with Crippen LogP contribution in [0.2, 0.25) is 0 Å². The summed E-state index contributed by atoms with van der Waals surface area (Å²) in [6.07, 6.45) is 5.58. The van der Waals surface area contributed by atoms with Gasteiger partial charge >= 0.3 is 0 Å². The normalized spacial score (nSPS) is 15.1. The summed E-state index contributed by atoms with van der Waals surface area (Å²) < 4.78 is 0. The van der Waals surface area contributed by atoms with Gasteiger partial charge in [-0.05, 0) is 49.0 Å². The fourth-order valence-corrected chi connectivity index (χ4v) is 3.37. The predicted molar refractivity (Wildman–Crippen MR) is 99.1 cm³/mol. The molecule has 0 aliphatic heterocycles. The molecule has 1 saturated carbocycles. The minimum atomic E-state index is -0.0328. The van der Waals surface area contributed by atoms with Crippen LogP contribution in [-0.2, 0) is 11.2 Å². The molecule has 0 spiro atoms. The van der Waals surface area contributed by atoms with Crippen molar-refractivity contribution in [2.45, 2.75) is 52.4 Å². The van der Waals surface area contributed by atoms with E-state index in [0.29, 0.717) is 12.3 Å². The molecule has 4 heteroatoms. The standard InChI is InChI=1S/C19H27NO2S/c1-14(2)11-12-20(19(22)15-7-3-4-8-15)17-10-6-5-9-16(17)13-18(21)23/h5-6,9-10,14-15H,3-4,7-8,11-13H2,1-2H3,(H,21,23). The zero-order valence-corrected chi connectivity index (χ0v) is 14.9. The smallest absolute Gasteiger partial charge is 0.230 e. The second-order valence-corrected chi connectivity index (χ2v) is 7.32. The Bertz CT molecular complexity index is 550. The molecule has 0 radical (unpaired) electrons. The molecule has 0 bridgehead atoms. The molecule has 1 aliphatic carbocycles. The van der Waals surface area contributed by atoms with E-state index >= 15 is 0 Å². The Morgan fingerprint density at radius 1 is 1.30 bits per heavy atom. The number of nitrogens with zero attached hydrogens (tertiary/aromatic N) is 1. The Labute approximate surface area is 144 Å². The predicted octanol–water partition coefficient (Wildman–Crippen LogP) is 4.68. The molecule has 0 atom stereocenters. The number of rotatable bonds is 7. The van der Waals surface area contributed by atoms with E-state index in [1.54, 1.807) is 0 Å². The second kappa shape index (κ2) is 8.44. The first-order chi connectivity index (χ1) is 11.0. The molecule has 1 aliphatic rings. The summed E-state index contributed by atoms with van der Waals surface area (Å²) in [6.45, 7) is 5.07. The van der Waals surface area contributed by atoms with Crippen LogP contribution in [0.1, 0.15) is 51.5 Å². The van der Waals surface area contributed by atoms with Crippen molar-refractivity contribution in [2.24, 2.45) is 11.8 Å². The van der Waals surface area contributed by atoms with Crippen LogP contribution >= 0.6 is 12.2 Å². The van der Waals surface area contributed by atoms with E-state index < -0.39 is 0 Å². The first kappa shape index (κ1) is 17.9. The first-order valence-electron chi connectivity index (χ1n) is 8.60. The van der Waals surface area contributed by atoms with Crippen molar-refractivity contribution < 1.29 is 9.90 Å². The van der Waals surface area contributed by atoms with Gasteiger partial charge in [-0.2, -0.15) is 0 Å². The van der Waals surface area contributed by atoms with Crippen LogP contribution in [0.15, 0.2) is 24.3 Å². The molecule has 23 heavy (non-hydrogen) atoms. The lowest BCUT2D eigenvalue weighted by molar-refractivity contribution is -0.122. The van der Waals surface area contributed by atoms with Gasteiger partial charge in [0.2, 0.25) is 5.91 Å². The third kappa shape index (κ3) is 5.03. The molecule has 1 aromatic carbocycles. The molecule has 1 N–H and O–H groups in total. The van der Waals surface area contributed by atoms with E-state index in [9.17, 15) is 9.90 Å². The van der Waals surface area contributed by atoms with E-state index in [1.807, 2.05) is 29.2 Å². The maximum absolute atomic E-state index is 13.0. The van der Waals surface area contributed by atoms with Gasteiger partial charge < -0.3 is 10.0 Å². The Hall–Kier alpha value is -1.42. The van der Waals surface area contributed by atoms with Crippen LogP contribution in [0.5, 0.6) is 0 Å². The molecule has 1 amide bonds. The maximum Gasteiger partial charge on any atom is 0.230 e. The van der Waals surface area contributed by atoms with Crippen molar-refractivity contribution in [3.05, 3.63) is 29.8 Å². The van der Waals surface area contributed by atoms with Crippen molar-refractivity contribution in [2.75, 3.05) is 11.4 Å². The van der Waals surface area contributed by atoms with Crippen LogP contribution in [0.3, 0.4) is 0 Å². The number of benzene rings is 1. The highest BCUT2D eigenvalue weighted by molar-refractivity contribution is 7.80. The molecule has 2 rings (SSSR count). The summed E-state index contributed by atoms with van der Waals surface area (Å²) in [6, 6.07) is 7.80. The average Bonchev–Trinajstić information content (AvgIpc) is 3.02. The number of aliphatic hydroxyl groups is 1. The van der Waals surface area contributed by atoms with Crippen LogP contribution in [0.4, 0.5) is 5.69 Å². The summed E-state index contributed by atoms with van der Waals surface area (Å²) in [5.74, 6) is 0.927. The molecule has 0 aromatic heterocycles. The number of carbonyl (C=O) groups excluding carboxylic acids is 1. The first-order valence-corrected chi connectivity index (χ1v) is 9.01. The number of aliphatic hydroxyl groups excluding tert-OH is 1. The number of carbonyl (C=O) groups is 1. The summed E-state index contributed by atoms with van der Waals surface area (Å²) >= 11 is 4.85. The van der Waals surface area contributed by atoms with Crippen molar-refractivity contribution in [3.8, 4) is 0 Å². The highest BCUT2D eigenvalue weighted by Gasteiger charge is 2.29. The number of para-hydroxylation sites is 1. The van der Waals surface area contributed by atoms with Gasteiger partial charge in [0.15, 0.2) is 5.05 Å². The summed E-state index contributed by atoms with van der Waals surface area (Å²) in [5, 5.41) is 9.48. The summed E-state index contributed by atoms with van der Waals surface area (Å²) in [5.41, 5.74) is 1.83. The minimum absolute atomic E-state index is 0.0328. The van der Waals surface area contributed by atoms with E-state index in [2.05, 4.69) is 13.8 Å². The van der Waals surface area contributed by atoms with Gasteiger partial charge in [-0.15, -0.1) is 0 Å². The van der Waals surface area contributed by atoms with Gasteiger partial charge in [-0.1, -0.05) is 44.9 Å². The summed E-state index contributed by atoms with van der Waals surface area (Å²) in [4.78, 5) is 15.0. The van der Waals surface area contributed by atoms with E-state index in [4.69, 9.17) is 12.2 Å². The molecule has 1 aromatic rings. The molecule has 0 heterocycles.